The Bertz CT molecular complexity index is 546. The molecule has 6 nitrogen and oxygen atoms in total. The molecule has 0 heterocycles. The summed E-state index contributed by atoms with van der Waals surface area (Å²) >= 11 is 0. The van der Waals surface area contributed by atoms with E-state index in [9.17, 15) is 17.1 Å². The van der Waals surface area contributed by atoms with E-state index in [-0.39, 0.29) is 12.1 Å². The first kappa shape index (κ1) is 12.2. The van der Waals surface area contributed by atoms with Crippen molar-refractivity contribution in [1.29, 1.82) is 0 Å². The van der Waals surface area contributed by atoms with Crippen molar-refractivity contribution in [3.05, 3.63) is 40.3 Å². The van der Waals surface area contributed by atoms with Crippen molar-refractivity contribution in [3.8, 4) is 0 Å². The minimum atomic E-state index is -4.76. The second-order valence-electron chi connectivity index (χ2n) is 2.77. The average Bonchev–Trinajstić information content (AvgIpc) is 2.25. The van der Waals surface area contributed by atoms with Gasteiger partial charge in [0.05, 0.1) is 11.4 Å². The average molecular weight is 243 g/mol. The molecule has 1 aromatic carbocycles. The highest BCUT2D eigenvalue weighted by Crippen LogP contribution is 2.13. The summed E-state index contributed by atoms with van der Waals surface area (Å²) in [6.45, 7) is -0.363. The van der Waals surface area contributed by atoms with E-state index in [1.165, 1.54) is 0 Å². The number of hydrogen-bond acceptors (Lipinski definition) is 4. The SMILES string of the molecule is [N-]=[N+]=NCC(=O)c1ccc(S(=O)(=O)F)cc1. The van der Waals surface area contributed by atoms with Crippen molar-refractivity contribution in [3.63, 3.8) is 0 Å². The smallest absolute Gasteiger partial charge is 0.294 e. The van der Waals surface area contributed by atoms with Gasteiger partial charge in [-0.25, -0.2) is 0 Å². The Morgan fingerprint density at radius 2 is 1.94 bits per heavy atom. The van der Waals surface area contributed by atoms with Gasteiger partial charge < -0.3 is 0 Å². The Balaban J connectivity index is 2.95. The molecule has 84 valence electrons. The molecule has 0 aliphatic carbocycles. The first-order chi connectivity index (χ1) is 7.45. The van der Waals surface area contributed by atoms with Crippen LogP contribution in [0, 0.1) is 0 Å². The van der Waals surface area contributed by atoms with Gasteiger partial charge in [-0.05, 0) is 17.7 Å². The second kappa shape index (κ2) is 4.73. The van der Waals surface area contributed by atoms with E-state index in [1.807, 2.05) is 0 Å². The van der Waals surface area contributed by atoms with Crippen molar-refractivity contribution in [2.24, 2.45) is 5.11 Å². The minimum Gasteiger partial charge on any atom is -0.294 e. The summed E-state index contributed by atoms with van der Waals surface area (Å²) in [7, 11) is -4.76. The molecule has 0 bridgehead atoms. The zero-order chi connectivity index (χ0) is 12.2. The summed E-state index contributed by atoms with van der Waals surface area (Å²) in [6.07, 6.45) is 0. The molecule has 8 heteroatoms. The summed E-state index contributed by atoms with van der Waals surface area (Å²) in [4.78, 5) is 13.1. The van der Waals surface area contributed by atoms with E-state index in [1.54, 1.807) is 0 Å². The van der Waals surface area contributed by atoms with Gasteiger partial charge in [0.15, 0.2) is 5.78 Å². The molecule has 0 saturated heterocycles. The Hall–Kier alpha value is -1.92. The number of ketones is 1. The van der Waals surface area contributed by atoms with Gasteiger partial charge in [0.1, 0.15) is 0 Å². The van der Waals surface area contributed by atoms with Crippen molar-refractivity contribution >= 4 is 16.0 Å². The van der Waals surface area contributed by atoms with Crippen molar-refractivity contribution in [2.75, 3.05) is 6.54 Å². The van der Waals surface area contributed by atoms with Gasteiger partial charge in [-0.3, -0.25) is 4.79 Å². The fraction of sp³-hybridized carbons (Fsp3) is 0.125. The molecular weight excluding hydrogens is 237 g/mol. The third-order valence-corrected chi connectivity index (χ3v) is 2.57. The van der Waals surface area contributed by atoms with E-state index in [0.717, 1.165) is 24.3 Å². The lowest BCUT2D eigenvalue weighted by Crippen LogP contribution is -2.03. The van der Waals surface area contributed by atoms with Crippen LogP contribution in [0.3, 0.4) is 0 Å². The number of carbonyl (C=O) groups is 1. The van der Waals surface area contributed by atoms with E-state index >= 15 is 0 Å². The van der Waals surface area contributed by atoms with Crippen LogP contribution >= 0.6 is 0 Å². The fourth-order valence-electron chi connectivity index (χ4n) is 0.991. The topological polar surface area (TPSA) is 100.0 Å². The zero-order valence-electron chi connectivity index (χ0n) is 7.87. The molecule has 16 heavy (non-hydrogen) atoms. The highest BCUT2D eigenvalue weighted by atomic mass is 32.3. The quantitative estimate of drug-likeness (QED) is 0.265. The van der Waals surface area contributed by atoms with Crippen LogP contribution in [0.15, 0.2) is 34.3 Å². The van der Waals surface area contributed by atoms with Crippen LogP contribution < -0.4 is 0 Å². The van der Waals surface area contributed by atoms with Crippen LogP contribution in [0.25, 0.3) is 10.4 Å². The van der Waals surface area contributed by atoms with Crippen LogP contribution in [0.2, 0.25) is 0 Å². The third-order valence-electron chi connectivity index (χ3n) is 1.74. The van der Waals surface area contributed by atoms with Gasteiger partial charge in [0.25, 0.3) is 0 Å². The maximum atomic E-state index is 12.5. The lowest BCUT2D eigenvalue weighted by Gasteiger charge is -1.98. The maximum Gasteiger partial charge on any atom is 0.332 e. The van der Waals surface area contributed by atoms with Gasteiger partial charge >= 0.3 is 10.2 Å². The molecule has 0 fully saturated rings. The molecule has 1 rings (SSSR count). The van der Waals surface area contributed by atoms with Crippen LogP contribution in [0.1, 0.15) is 10.4 Å². The second-order valence-corrected chi connectivity index (χ2v) is 4.12. The van der Waals surface area contributed by atoms with Gasteiger partial charge in [-0.15, -0.1) is 3.89 Å². The standard InChI is InChI=1S/C8H6FN3O3S/c9-16(14,15)7-3-1-6(2-4-7)8(13)5-11-12-10/h1-4H,5H2. The summed E-state index contributed by atoms with van der Waals surface area (Å²) in [6, 6.07) is 4.25. The molecule has 0 radical (unpaired) electrons. The number of nitrogens with zero attached hydrogens (tertiary/aromatic N) is 3. The number of rotatable bonds is 4. The molecular formula is C8H6FN3O3S. The largest absolute Gasteiger partial charge is 0.332 e. The molecule has 0 saturated carbocycles. The number of hydrogen-bond donors (Lipinski definition) is 0. The highest BCUT2D eigenvalue weighted by Gasteiger charge is 2.12. The van der Waals surface area contributed by atoms with E-state index in [0.29, 0.717) is 0 Å². The maximum absolute atomic E-state index is 12.5. The van der Waals surface area contributed by atoms with Crippen molar-refractivity contribution in [1.82, 2.24) is 0 Å². The van der Waals surface area contributed by atoms with Crippen molar-refractivity contribution < 1.29 is 17.1 Å². The van der Waals surface area contributed by atoms with Crippen LogP contribution in [-0.4, -0.2) is 20.7 Å². The third kappa shape index (κ3) is 3.04. The monoisotopic (exact) mass is 243 g/mol. The lowest BCUT2D eigenvalue weighted by atomic mass is 10.1. The first-order valence-electron chi connectivity index (χ1n) is 4.04. The normalized spacial score (nSPS) is 10.6. The van der Waals surface area contributed by atoms with Gasteiger partial charge in [0.2, 0.25) is 0 Å². The number of benzene rings is 1. The number of halogens is 1. The molecule has 0 aromatic heterocycles. The minimum absolute atomic E-state index is 0.153. The Morgan fingerprint density at radius 1 is 1.38 bits per heavy atom. The zero-order valence-corrected chi connectivity index (χ0v) is 8.69. The van der Waals surface area contributed by atoms with E-state index in [4.69, 9.17) is 5.53 Å². The molecule has 0 amide bonds. The molecule has 0 unspecified atom stereocenters. The Kier molecular flexibility index (Phi) is 3.60. The predicted molar refractivity (Wildman–Crippen MR) is 53.1 cm³/mol. The molecule has 0 atom stereocenters. The van der Waals surface area contributed by atoms with Crippen molar-refractivity contribution in [2.45, 2.75) is 4.90 Å². The number of Topliss-reactive ketones (excluding diaryl/α,β-unsaturated/α-hetero) is 1. The van der Waals surface area contributed by atoms with Crippen LogP contribution in [0.5, 0.6) is 0 Å². The number of carbonyl (C=O) groups excluding carboxylic acids is 1. The lowest BCUT2D eigenvalue weighted by molar-refractivity contribution is 0.100. The summed E-state index contributed by atoms with van der Waals surface area (Å²) in [5, 5.41) is 3.06. The Labute approximate surface area is 90.5 Å². The molecule has 1 aromatic rings. The molecule has 0 aliphatic rings. The summed E-state index contributed by atoms with van der Waals surface area (Å²) in [5.74, 6) is -0.472. The van der Waals surface area contributed by atoms with Gasteiger partial charge in [-0.2, -0.15) is 8.42 Å². The summed E-state index contributed by atoms with van der Waals surface area (Å²) in [5.41, 5.74) is 8.14. The van der Waals surface area contributed by atoms with Gasteiger partial charge in [0, 0.05) is 10.5 Å². The predicted octanol–water partition coefficient (Wildman–Crippen LogP) is 1.84. The van der Waals surface area contributed by atoms with E-state index in [2.05, 4.69) is 10.0 Å². The Morgan fingerprint density at radius 3 is 2.38 bits per heavy atom. The van der Waals surface area contributed by atoms with Crippen LogP contribution in [-0.2, 0) is 10.2 Å². The van der Waals surface area contributed by atoms with E-state index < -0.39 is 20.9 Å². The van der Waals surface area contributed by atoms with Crippen LogP contribution in [0.4, 0.5) is 3.89 Å². The summed E-state index contributed by atoms with van der Waals surface area (Å²) < 4.78 is 33.4. The molecule has 0 N–H and O–H groups in total. The molecule has 0 aliphatic heterocycles. The molecule has 0 spiro atoms. The highest BCUT2D eigenvalue weighted by molar-refractivity contribution is 7.86. The fourth-order valence-corrected chi connectivity index (χ4v) is 1.45. The van der Waals surface area contributed by atoms with Gasteiger partial charge in [-0.1, -0.05) is 17.2 Å². The first-order valence-corrected chi connectivity index (χ1v) is 5.42. The number of azide groups is 1.